The lowest BCUT2D eigenvalue weighted by Crippen LogP contribution is -2.36. The molecular formula is C10H16N2O10P2S. The molecule has 1 aliphatic rings. The molecule has 142 valence electrons. The van der Waals surface area contributed by atoms with Gasteiger partial charge in [0.2, 0.25) is 0 Å². The first-order valence-electron chi connectivity index (χ1n) is 6.77. The van der Waals surface area contributed by atoms with Crippen LogP contribution in [0.5, 0.6) is 0 Å². The summed E-state index contributed by atoms with van der Waals surface area (Å²) in [5.41, 5.74) is -1.26. The summed E-state index contributed by atoms with van der Waals surface area (Å²) >= 11 is 4.41. The molecule has 0 bridgehead atoms. The van der Waals surface area contributed by atoms with Crippen molar-refractivity contribution in [2.45, 2.75) is 31.8 Å². The molecule has 2 rings (SSSR count). The average molecular weight is 418 g/mol. The molecule has 0 saturated carbocycles. The van der Waals surface area contributed by atoms with Crippen LogP contribution in [-0.2, 0) is 30.2 Å². The van der Waals surface area contributed by atoms with Crippen molar-refractivity contribution in [1.29, 1.82) is 0 Å². The van der Waals surface area contributed by atoms with E-state index in [2.05, 4.69) is 21.3 Å². The second kappa shape index (κ2) is 7.49. The van der Waals surface area contributed by atoms with E-state index < -0.39 is 50.8 Å². The fourth-order valence-electron chi connectivity index (χ4n) is 2.29. The molecule has 1 aliphatic heterocycles. The van der Waals surface area contributed by atoms with E-state index in [1.165, 1.54) is 13.1 Å². The Bertz CT molecular complexity index is 841. The summed E-state index contributed by atoms with van der Waals surface area (Å²) in [5.74, 6) is 0. The number of hydrogen-bond donors (Lipinski definition) is 5. The Morgan fingerprint density at radius 1 is 1.40 bits per heavy atom. The van der Waals surface area contributed by atoms with E-state index in [-0.39, 0.29) is 12.0 Å². The molecule has 1 aromatic rings. The molecule has 1 saturated heterocycles. The van der Waals surface area contributed by atoms with Crippen LogP contribution in [0.1, 0.15) is 18.2 Å². The topological polar surface area (TPSA) is 181 Å². The maximum atomic E-state index is 12.0. The number of H-pyrrole nitrogens is 1. The lowest BCUT2D eigenvalue weighted by molar-refractivity contribution is -0.0493. The van der Waals surface area contributed by atoms with Gasteiger partial charge in [0, 0.05) is 18.2 Å². The van der Waals surface area contributed by atoms with Gasteiger partial charge >= 0.3 is 20.2 Å². The molecule has 0 amide bonds. The number of phosphoric ester groups is 1. The number of nitrogens with one attached hydrogen (secondary N) is 1. The smallest absolute Gasteiger partial charge is 0.349 e. The lowest BCUT2D eigenvalue weighted by atomic mass is 10.2. The summed E-state index contributed by atoms with van der Waals surface area (Å²) in [4.78, 5) is 61.7. The van der Waals surface area contributed by atoms with Crippen LogP contribution in [0.15, 0.2) is 15.8 Å². The van der Waals surface area contributed by atoms with Crippen LogP contribution in [0, 0.1) is 6.92 Å². The van der Waals surface area contributed by atoms with Gasteiger partial charge in [0.1, 0.15) is 6.10 Å². The number of aryl methyl sites for hydroxylation is 1. The Balaban J connectivity index is 2.30. The van der Waals surface area contributed by atoms with Gasteiger partial charge in [-0.05, 0) is 18.7 Å². The molecular weight excluding hydrogens is 402 g/mol. The Hall–Kier alpha value is -0.720. The van der Waals surface area contributed by atoms with E-state index >= 15 is 0 Å². The van der Waals surface area contributed by atoms with Crippen molar-refractivity contribution in [3.8, 4) is 0 Å². The monoisotopic (exact) mass is 418 g/mol. The van der Waals surface area contributed by atoms with Crippen molar-refractivity contribution >= 4 is 26.3 Å². The largest absolute Gasteiger partial charge is 0.469 e. The molecule has 0 spiro atoms. The Morgan fingerprint density at radius 3 is 2.60 bits per heavy atom. The van der Waals surface area contributed by atoms with Crippen LogP contribution in [0.3, 0.4) is 0 Å². The second-order valence-corrected chi connectivity index (χ2v) is 9.14. The molecule has 12 nitrogen and oxygen atoms in total. The minimum absolute atomic E-state index is 0.0885. The highest BCUT2D eigenvalue weighted by molar-refractivity contribution is 8.06. The highest BCUT2D eigenvalue weighted by Gasteiger charge is 2.41. The third-order valence-electron chi connectivity index (χ3n) is 3.27. The molecule has 0 radical (unpaired) electrons. The SMILES string of the molecule is Cc1cn([C@@H]2O[C@H](COP(=O)(O)O)CC2OP(O)(O)=S)c(=O)[nH]c1=O. The average Bonchev–Trinajstić information content (AvgIpc) is 2.80. The number of nitrogens with zero attached hydrogens (tertiary/aromatic N) is 1. The first-order valence-corrected chi connectivity index (χ1v) is 10.9. The van der Waals surface area contributed by atoms with Gasteiger partial charge in [-0.3, -0.25) is 18.9 Å². The molecule has 1 unspecified atom stereocenters. The summed E-state index contributed by atoms with van der Waals surface area (Å²) in [6.45, 7) is -3.20. The highest BCUT2D eigenvalue weighted by Crippen LogP contribution is 2.45. The maximum absolute atomic E-state index is 12.0. The van der Waals surface area contributed by atoms with Gasteiger partial charge in [-0.25, -0.2) is 9.36 Å². The zero-order chi connectivity index (χ0) is 19.0. The van der Waals surface area contributed by atoms with Gasteiger partial charge in [-0.15, -0.1) is 0 Å². The standard InChI is InChI=1S/C10H16N2O10P2S/c1-5-3-12(10(14)11-8(5)13)9-7(22-24(18,19)25)2-6(21-9)4-20-23(15,16)17/h3,6-7,9H,2,4H2,1H3,(H,11,13,14)(H2,15,16,17)(H2,18,19,25)/t6-,7?,9+/m0/s1. The van der Waals surface area contributed by atoms with Crippen LogP contribution in [0.4, 0.5) is 0 Å². The van der Waals surface area contributed by atoms with E-state index in [0.717, 1.165) is 4.57 Å². The van der Waals surface area contributed by atoms with E-state index in [1.54, 1.807) is 0 Å². The number of aromatic nitrogens is 2. The molecule has 1 aromatic heterocycles. The Labute approximate surface area is 145 Å². The van der Waals surface area contributed by atoms with Crippen molar-refractivity contribution in [3.05, 3.63) is 32.6 Å². The first-order chi connectivity index (χ1) is 11.4. The third-order valence-corrected chi connectivity index (χ3v) is 4.56. The zero-order valence-corrected chi connectivity index (χ0v) is 15.3. The van der Waals surface area contributed by atoms with E-state index in [4.69, 9.17) is 19.0 Å². The van der Waals surface area contributed by atoms with E-state index in [9.17, 15) is 23.9 Å². The molecule has 0 aliphatic carbocycles. The van der Waals surface area contributed by atoms with Gasteiger partial charge in [-0.2, -0.15) is 0 Å². The molecule has 15 heteroatoms. The number of rotatable bonds is 6. The van der Waals surface area contributed by atoms with E-state index in [0.29, 0.717) is 0 Å². The van der Waals surface area contributed by atoms with Crippen molar-refractivity contribution in [2.75, 3.05) is 6.61 Å². The van der Waals surface area contributed by atoms with E-state index in [1.807, 2.05) is 0 Å². The maximum Gasteiger partial charge on any atom is 0.469 e. The first kappa shape index (κ1) is 20.6. The van der Waals surface area contributed by atoms with Gasteiger partial charge in [-0.1, -0.05) is 0 Å². The molecule has 25 heavy (non-hydrogen) atoms. The van der Waals surface area contributed by atoms with Crippen LogP contribution < -0.4 is 11.2 Å². The third kappa shape index (κ3) is 5.90. The fourth-order valence-corrected chi connectivity index (χ4v) is 3.53. The van der Waals surface area contributed by atoms with Crippen molar-refractivity contribution < 1.29 is 37.9 Å². The number of hydrogen-bond acceptors (Lipinski definition) is 7. The minimum Gasteiger partial charge on any atom is -0.349 e. The van der Waals surface area contributed by atoms with Crippen LogP contribution >= 0.6 is 14.5 Å². The molecule has 5 N–H and O–H groups in total. The molecule has 3 atom stereocenters. The quantitative estimate of drug-likeness (QED) is 0.351. The molecule has 2 heterocycles. The normalized spacial score (nSPS) is 24.6. The Morgan fingerprint density at radius 2 is 2.04 bits per heavy atom. The van der Waals surface area contributed by atoms with Gasteiger partial charge < -0.3 is 28.8 Å². The van der Waals surface area contributed by atoms with Crippen molar-refractivity contribution in [2.24, 2.45) is 0 Å². The van der Waals surface area contributed by atoms with Crippen LogP contribution in [0.25, 0.3) is 0 Å². The van der Waals surface area contributed by atoms with Crippen LogP contribution in [-0.4, -0.2) is 47.9 Å². The predicted molar refractivity (Wildman–Crippen MR) is 86.2 cm³/mol. The lowest BCUT2D eigenvalue weighted by Gasteiger charge is -2.22. The summed E-state index contributed by atoms with van der Waals surface area (Å²) in [6, 6.07) is 0. The summed E-state index contributed by atoms with van der Waals surface area (Å²) in [5, 5.41) is 0. The van der Waals surface area contributed by atoms with Gasteiger partial charge in [0.05, 0.1) is 12.7 Å². The van der Waals surface area contributed by atoms with Gasteiger partial charge in [0.25, 0.3) is 5.56 Å². The molecule has 1 fully saturated rings. The summed E-state index contributed by atoms with van der Waals surface area (Å²) in [6.07, 6.45) is -2.16. The van der Waals surface area contributed by atoms with Gasteiger partial charge in [0.15, 0.2) is 6.23 Å². The number of aromatic amines is 1. The minimum atomic E-state index is -4.74. The number of phosphoric acid groups is 1. The molecule has 0 aromatic carbocycles. The van der Waals surface area contributed by atoms with Crippen molar-refractivity contribution in [1.82, 2.24) is 9.55 Å². The van der Waals surface area contributed by atoms with Crippen LogP contribution in [0.2, 0.25) is 0 Å². The predicted octanol–water partition coefficient (Wildman–Crippen LogP) is -1.16. The zero-order valence-electron chi connectivity index (χ0n) is 12.7. The second-order valence-electron chi connectivity index (χ2n) is 5.28. The highest BCUT2D eigenvalue weighted by atomic mass is 32.5. The van der Waals surface area contributed by atoms with Crippen molar-refractivity contribution in [3.63, 3.8) is 0 Å². The number of ether oxygens (including phenoxy) is 1. The summed E-state index contributed by atoms with van der Waals surface area (Å²) < 4.78 is 26.5. The fraction of sp³-hybridized carbons (Fsp3) is 0.600. The Kier molecular flexibility index (Phi) is 6.17. The summed E-state index contributed by atoms with van der Waals surface area (Å²) in [7, 11) is -4.74.